The number of nitriles is 1. The Morgan fingerprint density at radius 3 is 2.64 bits per heavy atom. The van der Waals surface area contributed by atoms with Crippen molar-refractivity contribution in [2.24, 2.45) is 5.92 Å². The molecule has 4 heteroatoms. The summed E-state index contributed by atoms with van der Waals surface area (Å²) in [5, 5.41) is 12.3. The van der Waals surface area contributed by atoms with Crippen molar-refractivity contribution >= 4 is 23.2 Å². The Kier molecular flexibility index (Phi) is 4.13. The van der Waals surface area contributed by atoms with Gasteiger partial charge in [0, 0.05) is 16.6 Å². The molecule has 3 rings (SSSR count). The molecule has 0 heterocycles. The largest absolute Gasteiger partial charge is 0.326 e. The highest BCUT2D eigenvalue weighted by molar-refractivity contribution is 6.31. The summed E-state index contributed by atoms with van der Waals surface area (Å²) in [4.78, 5) is 12.3. The predicted molar refractivity (Wildman–Crippen MR) is 86.7 cm³/mol. The van der Waals surface area contributed by atoms with Gasteiger partial charge in [-0.2, -0.15) is 5.26 Å². The summed E-state index contributed by atoms with van der Waals surface area (Å²) in [7, 11) is 0. The van der Waals surface area contributed by atoms with E-state index in [2.05, 4.69) is 11.4 Å². The fourth-order valence-corrected chi connectivity index (χ4v) is 2.91. The second kappa shape index (κ2) is 6.21. The number of amides is 1. The van der Waals surface area contributed by atoms with Gasteiger partial charge in [-0.1, -0.05) is 41.9 Å². The van der Waals surface area contributed by atoms with Crippen molar-refractivity contribution < 1.29 is 4.79 Å². The van der Waals surface area contributed by atoms with E-state index in [4.69, 9.17) is 16.9 Å². The molecule has 2 aromatic carbocycles. The molecule has 2 unspecified atom stereocenters. The number of nitrogens with zero attached hydrogens (tertiary/aromatic N) is 1. The SMILES string of the molecule is N#CCc1ccc(NC(=O)C2CC2c2ccccc2Cl)cc1. The molecule has 0 spiro atoms. The molecule has 1 amide bonds. The number of hydrogen-bond acceptors (Lipinski definition) is 2. The maximum Gasteiger partial charge on any atom is 0.228 e. The van der Waals surface area contributed by atoms with E-state index in [1.807, 2.05) is 48.5 Å². The van der Waals surface area contributed by atoms with E-state index >= 15 is 0 Å². The zero-order valence-electron chi connectivity index (χ0n) is 11.9. The van der Waals surface area contributed by atoms with Crippen molar-refractivity contribution in [3.05, 3.63) is 64.7 Å². The number of anilines is 1. The smallest absolute Gasteiger partial charge is 0.228 e. The minimum atomic E-state index is -0.0151. The van der Waals surface area contributed by atoms with Crippen LogP contribution in [-0.4, -0.2) is 5.91 Å². The summed E-state index contributed by atoms with van der Waals surface area (Å²) in [6.07, 6.45) is 1.22. The van der Waals surface area contributed by atoms with Crippen LogP contribution in [0.25, 0.3) is 0 Å². The first-order chi connectivity index (χ1) is 10.7. The zero-order valence-corrected chi connectivity index (χ0v) is 12.7. The molecule has 3 nitrogen and oxygen atoms in total. The van der Waals surface area contributed by atoms with Crippen LogP contribution in [0, 0.1) is 17.2 Å². The van der Waals surface area contributed by atoms with Crippen LogP contribution in [0.3, 0.4) is 0 Å². The standard InChI is InChI=1S/C18H15ClN2O/c19-17-4-2-1-3-14(17)15-11-16(15)18(22)21-13-7-5-12(6-8-13)9-10-20/h1-8,15-16H,9,11H2,(H,21,22). The first kappa shape index (κ1) is 14.6. The Morgan fingerprint density at radius 2 is 1.95 bits per heavy atom. The van der Waals surface area contributed by atoms with Gasteiger partial charge in [-0.25, -0.2) is 0 Å². The van der Waals surface area contributed by atoms with Crippen LogP contribution in [0.2, 0.25) is 5.02 Å². The van der Waals surface area contributed by atoms with E-state index in [9.17, 15) is 4.79 Å². The Morgan fingerprint density at radius 1 is 1.23 bits per heavy atom. The van der Waals surface area contributed by atoms with Gasteiger partial charge in [0.25, 0.3) is 0 Å². The number of hydrogen-bond donors (Lipinski definition) is 1. The average molecular weight is 311 g/mol. The van der Waals surface area contributed by atoms with Crippen LogP contribution < -0.4 is 5.32 Å². The fraction of sp³-hybridized carbons (Fsp3) is 0.222. The number of benzene rings is 2. The lowest BCUT2D eigenvalue weighted by Crippen LogP contribution is -2.14. The van der Waals surface area contributed by atoms with E-state index in [1.54, 1.807) is 0 Å². The summed E-state index contributed by atoms with van der Waals surface area (Å²) in [5.41, 5.74) is 2.76. The van der Waals surface area contributed by atoms with Crippen LogP contribution in [0.15, 0.2) is 48.5 Å². The van der Waals surface area contributed by atoms with E-state index < -0.39 is 0 Å². The molecule has 110 valence electrons. The number of carbonyl (C=O) groups is 1. The molecule has 1 saturated carbocycles. The molecule has 0 aliphatic heterocycles. The van der Waals surface area contributed by atoms with Gasteiger partial charge in [0.1, 0.15) is 0 Å². The van der Waals surface area contributed by atoms with Crippen molar-refractivity contribution in [1.29, 1.82) is 5.26 Å². The molecule has 1 aliphatic rings. The normalized spacial score (nSPS) is 19.3. The zero-order chi connectivity index (χ0) is 15.5. The topological polar surface area (TPSA) is 52.9 Å². The van der Waals surface area contributed by atoms with Crippen molar-refractivity contribution in [3.63, 3.8) is 0 Å². The van der Waals surface area contributed by atoms with Gasteiger partial charge < -0.3 is 5.32 Å². The molecule has 1 fully saturated rings. The van der Waals surface area contributed by atoms with Gasteiger partial charge in [-0.3, -0.25) is 4.79 Å². The van der Waals surface area contributed by atoms with Crippen molar-refractivity contribution in [3.8, 4) is 6.07 Å². The number of nitrogens with one attached hydrogen (secondary N) is 1. The molecule has 0 bridgehead atoms. The molecule has 2 aromatic rings. The molecule has 1 aliphatic carbocycles. The van der Waals surface area contributed by atoms with Crippen molar-refractivity contribution in [2.45, 2.75) is 18.8 Å². The van der Waals surface area contributed by atoms with Gasteiger partial charge in [0.05, 0.1) is 12.5 Å². The van der Waals surface area contributed by atoms with Crippen molar-refractivity contribution in [2.75, 3.05) is 5.32 Å². The summed E-state index contributed by atoms with van der Waals surface area (Å²) >= 11 is 6.18. The highest BCUT2D eigenvalue weighted by Gasteiger charge is 2.44. The molecule has 22 heavy (non-hydrogen) atoms. The second-order valence-corrected chi connectivity index (χ2v) is 5.90. The first-order valence-corrected chi connectivity index (χ1v) is 7.58. The van der Waals surface area contributed by atoms with Crippen LogP contribution in [-0.2, 0) is 11.2 Å². The third-order valence-corrected chi connectivity index (χ3v) is 4.28. The van der Waals surface area contributed by atoms with E-state index in [1.165, 1.54) is 0 Å². The van der Waals surface area contributed by atoms with E-state index in [0.29, 0.717) is 6.42 Å². The Balaban J connectivity index is 1.62. The van der Waals surface area contributed by atoms with Gasteiger partial charge in [0.2, 0.25) is 5.91 Å². The van der Waals surface area contributed by atoms with Gasteiger partial charge >= 0.3 is 0 Å². The molecule has 1 N–H and O–H groups in total. The summed E-state index contributed by atoms with van der Waals surface area (Å²) < 4.78 is 0. The molecular weight excluding hydrogens is 296 g/mol. The predicted octanol–water partition coefficient (Wildman–Crippen LogP) is 4.15. The lowest BCUT2D eigenvalue weighted by molar-refractivity contribution is -0.117. The molecule has 0 saturated heterocycles. The Hall–Kier alpha value is -2.31. The quantitative estimate of drug-likeness (QED) is 0.922. The maximum atomic E-state index is 12.3. The third-order valence-electron chi connectivity index (χ3n) is 3.94. The number of carbonyl (C=O) groups excluding carboxylic acids is 1. The van der Waals surface area contributed by atoms with Gasteiger partial charge in [0.15, 0.2) is 0 Å². The first-order valence-electron chi connectivity index (χ1n) is 7.20. The Labute approximate surface area is 134 Å². The maximum absolute atomic E-state index is 12.3. The summed E-state index contributed by atoms with van der Waals surface area (Å²) in [6.45, 7) is 0. The highest BCUT2D eigenvalue weighted by atomic mass is 35.5. The fourth-order valence-electron chi connectivity index (χ4n) is 2.64. The highest BCUT2D eigenvalue weighted by Crippen LogP contribution is 2.49. The molecule has 0 radical (unpaired) electrons. The van der Waals surface area contributed by atoms with E-state index in [-0.39, 0.29) is 17.7 Å². The summed E-state index contributed by atoms with van der Waals surface area (Å²) in [5.74, 6) is 0.225. The van der Waals surface area contributed by atoms with Crippen molar-refractivity contribution in [1.82, 2.24) is 0 Å². The van der Waals surface area contributed by atoms with Gasteiger partial charge in [-0.15, -0.1) is 0 Å². The lowest BCUT2D eigenvalue weighted by atomic mass is 10.1. The second-order valence-electron chi connectivity index (χ2n) is 5.49. The monoisotopic (exact) mass is 310 g/mol. The van der Waals surface area contributed by atoms with Crippen LogP contribution in [0.1, 0.15) is 23.5 Å². The number of rotatable bonds is 4. The van der Waals surface area contributed by atoms with E-state index in [0.717, 1.165) is 28.3 Å². The van der Waals surface area contributed by atoms with Crippen LogP contribution in [0.4, 0.5) is 5.69 Å². The summed E-state index contributed by atoms with van der Waals surface area (Å²) in [6, 6.07) is 17.2. The minimum Gasteiger partial charge on any atom is -0.326 e. The minimum absolute atomic E-state index is 0.0151. The molecule has 2 atom stereocenters. The molecule has 0 aromatic heterocycles. The third kappa shape index (κ3) is 3.13. The van der Waals surface area contributed by atoms with Crippen LogP contribution in [0.5, 0.6) is 0 Å². The lowest BCUT2D eigenvalue weighted by Gasteiger charge is -2.06. The molecular formula is C18H15ClN2O. The number of halogens is 1. The Bertz CT molecular complexity index is 733. The van der Waals surface area contributed by atoms with Gasteiger partial charge in [-0.05, 0) is 41.7 Å². The average Bonchev–Trinajstić information content (AvgIpc) is 3.30. The van der Waals surface area contributed by atoms with Crippen LogP contribution >= 0.6 is 11.6 Å².